The second-order valence-corrected chi connectivity index (χ2v) is 4.41. The fourth-order valence-corrected chi connectivity index (χ4v) is 2.67. The molecule has 0 aromatic heterocycles. The topological polar surface area (TPSA) is 12.5 Å². The largest absolute Gasteiger partial charge is 0.466 e. The van der Waals surface area contributed by atoms with Crippen LogP contribution in [-0.4, -0.2) is 4.90 Å². The van der Waals surface area contributed by atoms with Crippen LogP contribution in [0.25, 0.3) is 0 Å². The van der Waals surface area contributed by atoms with Gasteiger partial charge in [0.2, 0.25) is 0 Å². The molecule has 18 heavy (non-hydrogen) atoms. The number of halogens is 1. The van der Waals surface area contributed by atoms with Gasteiger partial charge in [-0.3, -0.25) is 0 Å². The number of hydrogen-bond acceptors (Lipinski definition) is 2. The second-order valence-electron chi connectivity index (χ2n) is 4.41. The van der Waals surface area contributed by atoms with Gasteiger partial charge in [0.05, 0.1) is 17.4 Å². The first-order chi connectivity index (χ1) is 8.40. The first-order valence-electron chi connectivity index (χ1n) is 5.71. The zero-order chi connectivity index (χ0) is 11.3. The first kappa shape index (κ1) is 11.2. The minimum absolute atomic E-state index is 0. The van der Waals surface area contributed by atoms with Crippen molar-refractivity contribution in [2.45, 2.75) is 0 Å². The van der Waals surface area contributed by atoms with Crippen LogP contribution in [0.2, 0.25) is 0 Å². The van der Waals surface area contributed by atoms with Gasteiger partial charge in [-0.25, -0.2) is 0 Å². The van der Waals surface area contributed by atoms with E-state index in [0.29, 0.717) is 0 Å². The lowest BCUT2D eigenvalue weighted by atomic mass is 9.74. The van der Waals surface area contributed by atoms with Crippen LogP contribution >= 0.6 is 12.4 Å². The fourth-order valence-electron chi connectivity index (χ4n) is 2.67. The monoisotopic (exact) mass is 257 g/mol. The number of nitrogens with zero attached hydrogens (tertiary/aromatic N) is 1. The van der Waals surface area contributed by atoms with Gasteiger partial charge in [0, 0.05) is 12.4 Å². The maximum atomic E-state index is 5.73. The highest BCUT2D eigenvalue weighted by molar-refractivity contribution is 5.85. The van der Waals surface area contributed by atoms with E-state index >= 15 is 0 Å². The molecule has 4 rings (SSSR count). The number of fused-ring (bicyclic) bond motifs is 1. The zero-order valence-electron chi connectivity index (χ0n) is 9.61. The number of ether oxygens (including phenoxy) is 1. The van der Waals surface area contributed by atoms with E-state index in [-0.39, 0.29) is 17.8 Å². The third-order valence-electron chi connectivity index (χ3n) is 3.52. The maximum Gasteiger partial charge on any atom is 0.145 e. The molecule has 0 aromatic carbocycles. The Kier molecular flexibility index (Phi) is 2.35. The molecule has 0 aromatic rings. The predicted molar refractivity (Wildman–Crippen MR) is 73.4 cm³/mol. The molecule has 3 aliphatic heterocycles. The van der Waals surface area contributed by atoms with Crippen molar-refractivity contribution in [3.8, 4) is 0 Å². The van der Waals surface area contributed by atoms with Crippen LogP contribution in [0.5, 0.6) is 0 Å². The van der Waals surface area contributed by atoms with Crippen molar-refractivity contribution in [3.05, 3.63) is 84.3 Å². The molecule has 0 saturated heterocycles. The summed E-state index contributed by atoms with van der Waals surface area (Å²) in [5.74, 6) is 0.996. The minimum atomic E-state index is -0.184. The van der Waals surface area contributed by atoms with Gasteiger partial charge < -0.3 is 9.64 Å². The highest BCUT2D eigenvalue weighted by Crippen LogP contribution is 2.50. The van der Waals surface area contributed by atoms with Crippen molar-refractivity contribution in [1.82, 2.24) is 4.90 Å². The van der Waals surface area contributed by atoms with E-state index in [1.165, 1.54) is 5.57 Å². The third-order valence-corrected chi connectivity index (χ3v) is 3.52. The Bertz CT molecular complexity index is 604. The van der Waals surface area contributed by atoms with Gasteiger partial charge in [0.25, 0.3) is 0 Å². The van der Waals surface area contributed by atoms with E-state index in [2.05, 4.69) is 47.6 Å². The summed E-state index contributed by atoms with van der Waals surface area (Å²) in [7, 11) is 0. The molecular formula is C15H12ClNO. The summed E-state index contributed by atoms with van der Waals surface area (Å²) in [4.78, 5) is 2.11. The van der Waals surface area contributed by atoms with Gasteiger partial charge in [0.1, 0.15) is 5.76 Å². The van der Waals surface area contributed by atoms with Crippen LogP contribution in [0.4, 0.5) is 0 Å². The van der Waals surface area contributed by atoms with Crippen molar-refractivity contribution < 1.29 is 4.74 Å². The quantitative estimate of drug-likeness (QED) is 0.658. The van der Waals surface area contributed by atoms with Crippen LogP contribution < -0.4 is 0 Å². The molecule has 3 heteroatoms. The molecule has 0 amide bonds. The van der Waals surface area contributed by atoms with Crippen LogP contribution in [0.15, 0.2) is 84.3 Å². The summed E-state index contributed by atoms with van der Waals surface area (Å²) in [5, 5.41) is 0. The van der Waals surface area contributed by atoms with E-state index in [0.717, 1.165) is 11.5 Å². The summed E-state index contributed by atoms with van der Waals surface area (Å²) in [5.41, 5.74) is 2.17. The molecule has 1 aliphatic carbocycles. The van der Waals surface area contributed by atoms with E-state index in [4.69, 9.17) is 4.74 Å². The molecule has 0 N–H and O–H groups in total. The Morgan fingerprint density at radius 3 is 2.83 bits per heavy atom. The average Bonchev–Trinajstić information content (AvgIpc) is 2.80. The number of allylic oxidation sites excluding steroid dienone is 7. The van der Waals surface area contributed by atoms with Crippen LogP contribution in [0.3, 0.4) is 0 Å². The molecule has 1 spiro atoms. The number of rotatable bonds is 0. The summed E-state index contributed by atoms with van der Waals surface area (Å²) >= 11 is 0. The molecule has 0 saturated carbocycles. The molecular weight excluding hydrogens is 246 g/mol. The van der Waals surface area contributed by atoms with Crippen molar-refractivity contribution in [2.24, 2.45) is 5.41 Å². The molecule has 2 nitrogen and oxygen atoms in total. The summed E-state index contributed by atoms with van der Waals surface area (Å²) in [6.45, 7) is 0. The molecule has 4 aliphatic rings. The lowest BCUT2D eigenvalue weighted by molar-refractivity contribution is 0.304. The van der Waals surface area contributed by atoms with E-state index in [1.54, 1.807) is 6.26 Å². The van der Waals surface area contributed by atoms with Gasteiger partial charge in [-0.15, -0.1) is 12.4 Å². The Morgan fingerprint density at radius 2 is 1.89 bits per heavy atom. The molecule has 0 radical (unpaired) electrons. The molecule has 90 valence electrons. The van der Waals surface area contributed by atoms with Crippen molar-refractivity contribution in [1.29, 1.82) is 0 Å². The third kappa shape index (κ3) is 1.24. The minimum Gasteiger partial charge on any atom is -0.466 e. The second kappa shape index (κ2) is 3.79. The Balaban J connectivity index is 0.000001000. The van der Waals surface area contributed by atoms with E-state index in [1.807, 2.05) is 18.4 Å². The highest BCUT2D eigenvalue weighted by atomic mass is 35.5. The molecule has 0 bridgehead atoms. The lowest BCUT2D eigenvalue weighted by Crippen LogP contribution is -2.30. The first-order valence-corrected chi connectivity index (χ1v) is 5.71. The van der Waals surface area contributed by atoms with Crippen LogP contribution in [-0.2, 0) is 4.74 Å². The Hall–Kier alpha value is -1.93. The average molecular weight is 258 g/mol. The normalized spacial score (nSPS) is 29.3. The smallest absolute Gasteiger partial charge is 0.145 e. The molecule has 1 atom stereocenters. The van der Waals surface area contributed by atoms with E-state index in [9.17, 15) is 0 Å². The van der Waals surface area contributed by atoms with Gasteiger partial charge in [-0.2, -0.15) is 0 Å². The predicted octanol–water partition coefficient (Wildman–Crippen LogP) is 3.56. The lowest BCUT2D eigenvalue weighted by Gasteiger charge is -2.37. The summed E-state index contributed by atoms with van der Waals surface area (Å²) in [6, 6.07) is 0. The van der Waals surface area contributed by atoms with Crippen molar-refractivity contribution in [3.63, 3.8) is 0 Å². The maximum absolute atomic E-state index is 5.73. The van der Waals surface area contributed by atoms with Gasteiger partial charge >= 0.3 is 0 Å². The standard InChI is InChI=1S/C15H11NO.ClH/c1-3-7-15-8-10-17-14(15)13-6-2-4-9-16(13)11-12(15)5-1;/h1-11H;1H. The molecule has 0 fully saturated rings. The van der Waals surface area contributed by atoms with Crippen LogP contribution in [0, 0.1) is 5.41 Å². The Morgan fingerprint density at radius 1 is 1.00 bits per heavy atom. The summed E-state index contributed by atoms with van der Waals surface area (Å²) in [6.07, 6.45) is 22.7. The van der Waals surface area contributed by atoms with Crippen molar-refractivity contribution >= 4 is 12.4 Å². The van der Waals surface area contributed by atoms with Crippen molar-refractivity contribution in [2.75, 3.05) is 0 Å². The number of hydrogen-bond donors (Lipinski definition) is 0. The van der Waals surface area contributed by atoms with E-state index < -0.39 is 0 Å². The van der Waals surface area contributed by atoms with Crippen LogP contribution in [0.1, 0.15) is 0 Å². The fraction of sp³-hybridized carbons (Fsp3) is 0.0667. The SMILES string of the molecule is C1=CC2=CN3C=CC=CC3=C3OC=CC23C=C1.Cl. The summed E-state index contributed by atoms with van der Waals surface area (Å²) < 4.78 is 5.73. The molecule has 3 heterocycles. The van der Waals surface area contributed by atoms with Gasteiger partial charge in [-0.1, -0.05) is 30.4 Å². The highest BCUT2D eigenvalue weighted by Gasteiger charge is 2.43. The van der Waals surface area contributed by atoms with Gasteiger partial charge in [-0.05, 0) is 23.8 Å². The van der Waals surface area contributed by atoms with Gasteiger partial charge in [0.15, 0.2) is 0 Å². The molecule has 1 unspecified atom stereocenters. The zero-order valence-corrected chi connectivity index (χ0v) is 10.4. The Labute approximate surface area is 112 Å².